The molecule has 1 aliphatic heterocycles. The Bertz CT molecular complexity index is 703. The van der Waals surface area contributed by atoms with E-state index in [4.69, 9.17) is 5.26 Å². The van der Waals surface area contributed by atoms with Crippen LogP contribution in [0.15, 0.2) is 29.2 Å². The molecule has 0 bridgehead atoms. The average Bonchev–Trinajstić information content (AvgIpc) is 2.80. The van der Waals surface area contributed by atoms with Gasteiger partial charge in [-0.3, -0.25) is 14.5 Å². The number of amides is 2. The van der Waals surface area contributed by atoms with Crippen molar-refractivity contribution in [1.29, 1.82) is 5.26 Å². The van der Waals surface area contributed by atoms with Gasteiger partial charge in [0.15, 0.2) is 0 Å². The van der Waals surface area contributed by atoms with Crippen LogP contribution in [-0.2, 0) is 14.3 Å². The number of nitriles is 1. The molecule has 1 aromatic carbocycles. The van der Waals surface area contributed by atoms with Gasteiger partial charge in [0, 0.05) is 0 Å². The molecular weight excluding hydrogens is 304 g/mol. The normalized spacial score (nSPS) is 17.5. The number of carbonyl (C=O) groups is 3. The number of nitrogens with zero attached hydrogens (tertiary/aromatic N) is 2. The van der Waals surface area contributed by atoms with Crippen molar-refractivity contribution in [1.82, 2.24) is 4.90 Å². The summed E-state index contributed by atoms with van der Waals surface area (Å²) in [7, 11) is 1.20. The van der Waals surface area contributed by atoms with Crippen molar-refractivity contribution in [2.45, 2.75) is 13.0 Å². The van der Waals surface area contributed by atoms with E-state index in [1.54, 1.807) is 30.3 Å². The zero-order valence-electron chi connectivity index (χ0n) is 11.9. The van der Waals surface area contributed by atoms with Crippen LogP contribution < -0.4 is 0 Å². The van der Waals surface area contributed by atoms with Gasteiger partial charge in [0.05, 0.1) is 23.6 Å². The van der Waals surface area contributed by atoms with E-state index in [1.165, 1.54) is 14.0 Å². The van der Waals surface area contributed by atoms with E-state index in [0.717, 1.165) is 16.7 Å². The van der Waals surface area contributed by atoms with E-state index in [-0.39, 0.29) is 4.91 Å². The van der Waals surface area contributed by atoms with E-state index < -0.39 is 23.2 Å². The van der Waals surface area contributed by atoms with E-state index in [2.05, 4.69) is 4.74 Å². The highest BCUT2D eigenvalue weighted by atomic mass is 32.2. The van der Waals surface area contributed by atoms with Gasteiger partial charge in [-0.2, -0.15) is 5.26 Å². The zero-order valence-corrected chi connectivity index (χ0v) is 12.7. The predicted octanol–water partition coefficient (Wildman–Crippen LogP) is 2.16. The van der Waals surface area contributed by atoms with Crippen LogP contribution in [-0.4, -0.2) is 35.2 Å². The first-order valence-corrected chi connectivity index (χ1v) is 7.14. The van der Waals surface area contributed by atoms with Gasteiger partial charge in [-0.15, -0.1) is 0 Å². The molecule has 1 heterocycles. The first kappa shape index (κ1) is 15.8. The number of carbonyl (C=O) groups excluding carboxylic acids is 3. The number of methoxy groups -OCH3 is 1. The highest BCUT2D eigenvalue weighted by Crippen LogP contribution is 2.33. The summed E-state index contributed by atoms with van der Waals surface area (Å²) in [5.41, 5.74) is 1.19. The van der Waals surface area contributed by atoms with Crippen LogP contribution in [0.25, 0.3) is 6.08 Å². The number of benzene rings is 1. The number of hydrogen-bond donors (Lipinski definition) is 0. The smallest absolute Gasteiger partial charge is 0.328 e. The standard InChI is InChI=1S/C15H12N2O4S/c1-9(14(19)21-2)17-13(18)12(22-15(17)20)7-10-3-5-11(8-16)6-4-10/h3-7,9H,1-2H3/b12-7-/t9-/m0/s1. The van der Waals surface area contributed by atoms with E-state index in [0.29, 0.717) is 11.1 Å². The van der Waals surface area contributed by atoms with Crippen LogP contribution >= 0.6 is 11.8 Å². The number of hydrogen-bond acceptors (Lipinski definition) is 6. The van der Waals surface area contributed by atoms with Crippen LogP contribution in [0, 0.1) is 11.3 Å². The number of esters is 1. The Balaban J connectivity index is 2.25. The maximum absolute atomic E-state index is 12.3. The third-order valence-electron chi connectivity index (χ3n) is 3.09. The van der Waals surface area contributed by atoms with Crippen LogP contribution in [0.3, 0.4) is 0 Å². The van der Waals surface area contributed by atoms with Gasteiger partial charge in [0.2, 0.25) is 0 Å². The monoisotopic (exact) mass is 316 g/mol. The molecule has 1 atom stereocenters. The van der Waals surface area contributed by atoms with Crippen molar-refractivity contribution >= 4 is 35.0 Å². The molecule has 0 unspecified atom stereocenters. The Morgan fingerprint density at radius 2 is 2.00 bits per heavy atom. The number of ether oxygens (including phenoxy) is 1. The quantitative estimate of drug-likeness (QED) is 0.627. The van der Waals surface area contributed by atoms with Crippen LogP contribution in [0.1, 0.15) is 18.1 Å². The van der Waals surface area contributed by atoms with Crippen molar-refractivity contribution in [3.05, 3.63) is 40.3 Å². The molecule has 0 saturated carbocycles. The van der Waals surface area contributed by atoms with Crippen molar-refractivity contribution in [3.63, 3.8) is 0 Å². The first-order valence-electron chi connectivity index (χ1n) is 6.33. The molecular formula is C15H12N2O4S. The van der Waals surface area contributed by atoms with E-state index in [9.17, 15) is 14.4 Å². The van der Waals surface area contributed by atoms with Crippen LogP contribution in [0.4, 0.5) is 4.79 Å². The highest BCUT2D eigenvalue weighted by molar-refractivity contribution is 8.18. The van der Waals surface area contributed by atoms with Crippen LogP contribution in [0.2, 0.25) is 0 Å². The largest absolute Gasteiger partial charge is 0.467 e. The molecule has 1 saturated heterocycles. The van der Waals surface area contributed by atoms with Gasteiger partial charge in [-0.05, 0) is 42.5 Å². The Kier molecular flexibility index (Phi) is 4.63. The summed E-state index contributed by atoms with van der Waals surface area (Å²) in [5, 5.41) is 8.23. The van der Waals surface area contributed by atoms with Crippen molar-refractivity contribution < 1.29 is 19.1 Å². The second kappa shape index (κ2) is 6.45. The molecule has 2 rings (SSSR count). The lowest BCUT2D eigenvalue weighted by atomic mass is 10.1. The molecule has 1 aliphatic rings. The third-order valence-corrected chi connectivity index (χ3v) is 3.97. The van der Waals surface area contributed by atoms with Gasteiger partial charge in [0.1, 0.15) is 6.04 Å². The Labute approximate surface area is 131 Å². The molecule has 6 nitrogen and oxygen atoms in total. The second-order valence-corrected chi connectivity index (χ2v) is 5.48. The van der Waals surface area contributed by atoms with Crippen molar-refractivity contribution in [3.8, 4) is 6.07 Å². The molecule has 0 spiro atoms. The molecule has 0 aliphatic carbocycles. The molecule has 22 heavy (non-hydrogen) atoms. The van der Waals surface area contributed by atoms with Crippen molar-refractivity contribution in [2.24, 2.45) is 0 Å². The lowest BCUT2D eigenvalue weighted by molar-refractivity contribution is -0.148. The minimum atomic E-state index is -0.968. The fourth-order valence-electron chi connectivity index (χ4n) is 1.89. The lowest BCUT2D eigenvalue weighted by Gasteiger charge is -2.18. The molecule has 0 aromatic heterocycles. The van der Waals surface area contributed by atoms with Gasteiger partial charge in [-0.1, -0.05) is 12.1 Å². The van der Waals surface area contributed by atoms with Crippen molar-refractivity contribution in [2.75, 3.05) is 7.11 Å². The highest BCUT2D eigenvalue weighted by Gasteiger charge is 2.41. The van der Waals surface area contributed by atoms with Gasteiger partial charge < -0.3 is 4.74 Å². The van der Waals surface area contributed by atoms with E-state index in [1.807, 2.05) is 6.07 Å². The SMILES string of the molecule is COC(=O)[C@H](C)N1C(=O)S/C(=C\c2ccc(C#N)cc2)C1=O. The minimum Gasteiger partial charge on any atom is -0.467 e. The fourth-order valence-corrected chi connectivity index (χ4v) is 2.80. The van der Waals surface area contributed by atoms with Gasteiger partial charge in [0.25, 0.3) is 11.1 Å². The van der Waals surface area contributed by atoms with Gasteiger partial charge in [-0.25, -0.2) is 4.79 Å². The molecule has 1 fully saturated rings. The summed E-state index contributed by atoms with van der Waals surface area (Å²) in [5.74, 6) is -1.18. The summed E-state index contributed by atoms with van der Waals surface area (Å²) >= 11 is 0.769. The Morgan fingerprint density at radius 1 is 1.36 bits per heavy atom. The summed E-state index contributed by atoms with van der Waals surface area (Å²) in [6.07, 6.45) is 1.55. The number of thioether (sulfide) groups is 1. The molecule has 2 amide bonds. The minimum absolute atomic E-state index is 0.227. The number of imide groups is 1. The molecule has 0 radical (unpaired) electrons. The summed E-state index contributed by atoms with van der Waals surface area (Å²) in [4.78, 5) is 36.8. The predicted molar refractivity (Wildman–Crippen MR) is 80.4 cm³/mol. The Morgan fingerprint density at radius 3 is 2.55 bits per heavy atom. The third kappa shape index (κ3) is 3.02. The van der Waals surface area contributed by atoms with Crippen LogP contribution in [0.5, 0.6) is 0 Å². The molecule has 112 valence electrons. The Hall–Kier alpha value is -2.59. The average molecular weight is 316 g/mol. The maximum Gasteiger partial charge on any atom is 0.328 e. The summed E-state index contributed by atoms with van der Waals surface area (Å²) < 4.78 is 4.56. The summed E-state index contributed by atoms with van der Waals surface area (Å²) in [6.45, 7) is 1.44. The number of rotatable bonds is 3. The lowest BCUT2D eigenvalue weighted by Crippen LogP contribution is -2.42. The first-order chi connectivity index (χ1) is 10.5. The second-order valence-electron chi connectivity index (χ2n) is 4.48. The zero-order chi connectivity index (χ0) is 16.3. The van der Waals surface area contributed by atoms with E-state index >= 15 is 0 Å². The molecule has 0 N–H and O–H groups in total. The van der Waals surface area contributed by atoms with Gasteiger partial charge >= 0.3 is 5.97 Å². The fraction of sp³-hybridized carbons (Fsp3) is 0.200. The molecule has 1 aromatic rings. The molecule has 7 heteroatoms. The maximum atomic E-state index is 12.3. The summed E-state index contributed by atoms with van der Waals surface area (Å²) in [6, 6.07) is 7.62. The topological polar surface area (TPSA) is 87.5 Å².